The lowest BCUT2D eigenvalue weighted by Gasteiger charge is -2.36. The molecule has 4 aromatic carbocycles. The Morgan fingerprint density at radius 1 is 0.677 bits per heavy atom. The lowest BCUT2D eigenvalue weighted by Crippen LogP contribution is -2.51. The summed E-state index contributed by atoms with van der Waals surface area (Å²) in [5.41, 5.74) is 6.02. The van der Waals surface area contributed by atoms with E-state index in [0.29, 0.717) is 12.5 Å². The van der Waals surface area contributed by atoms with E-state index in [9.17, 15) is 19.2 Å². The van der Waals surface area contributed by atoms with Gasteiger partial charge in [-0.15, -0.1) is 0 Å². The molecule has 4 N–H and O–H groups in total. The average molecular weight is 837 g/mol. The summed E-state index contributed by atoms with van der Waals surface area (Å²) in [4.78, 5) is 71.3. The monoisotopic (exact) mass is 836 g/mol. The van der Waals surface area contributed by atoms with E-state index in [0.717, 1.165) is 98.9 Å². The molecule has 14 nitrogen and oxygen atoms in total. The number of carbonyl (C=O) groups is 4. The molecule has 2 aliphatic heterocycles. The first-order chi connectivity index (χ1) is 30.0. The summed E-state index contributed by atoms with van der Waals surface area (Å²) >= 11 is 0. The van der Waals surface area contributed by atoms with Crippen molar-refractivity contribution in [2.24, 2.45) is 11.8 Å². The second-order valence-corrected chi connectivity index (χ2v) is 17.2. The molecule has 4 amide bonds. The minimum atomic E-state index is -0.701. The van der Waals surface area contributed by atoms with E-state index >= 15 is 0 Å². The minimum Gasteiger partial charge on any atom is -0.453 e. The molecule has 3 fully saturated rings. The van der Waals surface area contributed by atoms with Crippen LogP contribution in [0.5, 0.6) is 0 Å². The van der Waals surface area contributed by atoms with Gasteiger partial charge in [0, 0.05) is 23.7 Å². The fraction of sp³-hybridized carbons (Fsp3) is 0.375. The van der Waals surface area contributed by atoms with Crippen LogP contribution in [0.25, 0.3) is 55.2 Å². The van der Waals surface area contributed by atoms with Crippen LogP contribution >= 0.6 is 0 Å². The number of ether oxygens (including phenoxy) is 2. The molecule has 9 rings (SSSR count). The summed E-state index contributed by atoms with van der Waals surface area (Å²) in [6, 6.07) is 24.2. The van der Waals surface area contributed by atoms with Crippen LogP contribution in [0.4, 0.5) is 9.59 Å². The van der Waals surface area contributed by atoms with E-state index in [2.05, 4.69) is 93.4 Å². The summed E-state index contributed by atoms with van der Waals surface area (Å²) in [6.45, 7) is 6.11. The van der Waals surface area contributed by atoms with Crippen molar-refractivity contribution in [2.75, 3.05) is 20.8 Å². The lowest BCUT2D eigenvalue weighted by atomic mass is 9.96. The summed E-state index contributed by atoms with van der Waals surface area (Å²) in [6.07, 6.45) is 7.01. The highest BCUT2D eigenvalue weighted by Crippen LogP contribution is 2.50. The quantitative estimate of drug-likeness (QED) is 0.107. The Bertz CT molecular complexity index is 2690. The molecule has 2 bridgehead atoms. The Morgan fingerprint density at radius 2 is 1.21 bits per heavy atom. The number of hydrogen-bond donors (Lipinski definition) is 4. The number of H-pyrrole nitrogens is 2. The van der Waals surface area contributed by atoms with Gasteiger partial charge in [0.25, 0.3) is 0 Å². The maximum atomic E-state index is 13.6. The van der Waals surface area contributed by atoms with Gasteiger partial charge < -0.3 is 39.9 Å². The van der Waals surface area contributed by atoms with Crippen molar-refractivity contribution in [3.8, 4) is 33.6 Å². The number of rotatable bonds is 10. The third-order valence-corrected chi connectivity index (χ3v) is 13.1. The molecule has 1 aliphatic carbocycles. The normalized spacial score (nSPS) is 20.5. The highest BCUT2D eigenvalue weighted by molar-refractivity contribution is 5.94. The molecule has 4 heterocycles. The van der Waals surface area contributed by atoms with Crippen LogP contribution in [0.15, 0.2) is 85.2 Å². The number of imidazole rings is 2. The second kappa shape index (κ2) is 16.6. The van der Waals surface area contributed by atoms with Crippen LogP contribution in [0, 0.1) is 11.8 Å². The average Bonchev–Trinajstić information content (AvgIpc) is 4.15. The maximum Gasteiger partial charge on any atom is 0.407 e. The van der Waals surface area contributed by atoms with Gasteiger partial charge in [0.1, 0.15) is 23.7 Å². The van der Waals surface area contributed by atoms with Crippen LogP contribution in [0.3, 0.4) is 0 Å². The van der Waals surface area contributed by atoms with Crippen molar-refractivity contribution >= 4 is 45.5 Å². The van der Waals surface area contributed by atoms with Gasteiger partial charge in [0.05, 0.1) is 50.1 Å². The van der Waals surface area contributed by atoms with E-state index < -0.39 is 24.3 Å². The highest BCUT2D eigenvalue weighted by Gasteiger charge is 2.50. The zero-order chi connectivity index (χ0) is 43.2. The molecule has 62 heavy (non-hydrogen) atoms. The molecule has 320 valence electrons. The number of methoxy groups -OCH3 is 2. The molecule has 0 radical (unpaired) electrons. The third kappa shape index (κ3) is 7.62. The Morgan fingerprint density at radius 3 is 1.79 bits per heavy atom. The number of benzene rings is 4. The predicted octanol–water partition coefficient (Wildman–Crippen LogP) is 8.28. The van der Waals surface area contributed by atoms with Gasteiger partial charge >= 0.3 is 12.2 Å². The SMILES string of the molecule is COC(=O)N[C@@H](C)C(=O)N1[C@@H]2CC[C@H](C2)[C@H]1c1ncc(-c2ccc3cc(-c4ccc5cc(-c6cnc([C@@H]7CCCN7C(=O)[C@@H](NC(=O)OC)C(C)C)[nH]6)ccc5c4)ccc3c2)[nH]1. The molecule has 6 atom stereocenters. The maximum absolute atomic E-state index is 13.6. The molecule has 2 aromatic heterocycles. The van der Waals surface area contributed by atoms with Crippen LogP contribution in [0.1, 0.15) is 76.6 Å². The Labute approximate surface area is 359 Å². The van der Waals surface area contributed by atoms with E-state index in [-0.39, 0.29) is 35.9 Å². The first-order valence-electron chi connectivity index (χ1n) is 21.5. The standard InChI is InChI=1S/C48H52N8O6/c1-26(2)41(54-48(60)62-5)46(58)55-18-6-7-40(55)43-49-24-38(52-43)34-14-12-30-19-28(8-10-32(30)21-34)29-9-11-33-22-35(15-13-31(33)20-29)39-25-50-44(53-39)42-36-16-17-37(23-36)56(42)45(57)27(3)51-47(59)61-4/h8-15,19-22,24-27,36-37,40-42H,6-7,16-18,23H2,1-5H3,(H,49,52)(H,50,53)(H,51,59)(H,54,60)/t27-,36+,37+,40-,41-,42-/m0/s1. The number of nitrogens with zero attached hydrogens (tertiary/aromatic N) is 4. The van der Waals surface area contributed by atoms with E-state index in [1.54, 1.807) is 6.92 Å². The van der Waals surface area contributed by atoms with Crippen molar-refractivity contribution in [1.82, 2.24) is 40.4 Å². The molecule has 2 saturated heterocycles. The zero-order valence-corrected chi connectivity index (χ0v) is 35.6. The number of alkyl carbamates (subject to hydrolysis) is 2. The van der Waals surface area contributed by atoms with Gasteiger partial charge in [-0.25, -0.2) is 19.6 Å². The summed E-state index contributed by atoms with van der Waals surface area (Å²) in [7, 11) is 2.59. The molecule has 14 heteroatoms. The molecular weight excluding hydrogens is 785 g/mol. The van der Waals surface area contributed by atoms with Gasteiger partial charge in [0.15, 0.2) is 0 Å². The molecule has 0 spiro atoms. The van der Waals surface area contributed by atoms with Gasteiger partial charge in [-0.2, -0.15) is 0 Å². The third-order valence-electron chi connectivity index (χ3n) is 13.1. The number of carbonyl (C=O) groups excluding carboxylic acids is 4. The topological polar surface area (TPSA) is 175 Å². The molecule has 3 aliphatic rings. The molecular formula is C48H52N8O6. The molecule has 6 aromatic rings. The van der Waals surface area contributed by atoms with Gasteiger partial charge in [-0.1, -0.05) is 62.4 Å². The first kappa shape index (κ1) is 40.7. The second-order valence-electron chi connectivity index (χ2n) is 17.2. The van der Waals surface area contributed by atoms with Gasteiger partial charge in [-0.05, 0) is 108 Å². The zero-order valence-electron chi connectivity index (χ0n) is 35.6. The van der Waals surface area contributed by atoms with Crippen molar-refractivity contribution in [3.05, 3.63) is 96.8 Å². The van der Waals surface area contributed by atoms with Crippen LogP contribution in [0.2, 0.25) is 0 Å². The summed E-state index contributed by atoms with van der Waals surface area (Å²) in [5.74, 6) is 1.47. The first-order valence-corrected chi connectivity index (χ1v) is 21.5. The van der Waals surface area contributed by atoms with E-state index in [1.165, 1.54) is 14.2 Å². The minimum absolute atomic E-state index is 0.104. The van der Waals surface area contributed by atoms with Crippen LogP contribution in [-0.4, -0.2) is 92.6 Å². The van der Waals surface area contributed by atoms with E-state index in [1.807, 2.05) is 36.0 Å². The summed E-state index contributed by atoms with van der Waals surface area (Å²) < 4.78 is 9.50. The number of piperidine rings is 1. The van der Waals surface area contributed by atoms with Gasteiger partial charge in [-0.3, -0.25) is 9.59 Å². The Balaban J connectivity index is 0.894. The fourth-order valence-corrected chi connectivity index (χ4v) is 9.84. The number of hydrogen-bond acceptors (Lipinski definition) is 8. The number of nitrogens with one attached hydrogen (secondary N) is 4. The number of aromatic amines is 2. The highest BCUT2D eigenvalue weighted by atomic mass is 16.5. The number of aromatic nitrogens is 4. The van der Waals surface area contributed by atoms with Gasteiger partial charge in [0.2, 0.25) is 11.8 Å². The van der Waals surface area contributed by atoms with Crippen molar-refractivity contribution in [2.45, 2.75) is 83.1 Å². The van der Waals surface area contributed by atoms with E-state index in [4.69, 9.17) is 19.4 Å². The van der Waals surface area contributed by atoms with Crippen molar-refractivity contribution < 1.29 is 28.7 Å². The molecule has 1 saturated carbocycles. The summed E-state index contributed by atoms with van der Waals surface area (Å²) in [5, 5.41) is 9.79. The Hall–Kier alpha value is -6.70. The van der Waals surface area contributed by atoms with Crippen LogP contribution in [-0.2, 0) is 19.1 Å². The number of amides is 4. The lowest BCUT2D eigenvalue weighted by molar-refractivity contribution is -0.138. The predicted molar refractivity (Wildman–Crippen MR) is 236 cm³/mol. The molecule has 0 unspecified atom stereocenters. The smallest absolute Gasteiger partial charge is 0.407 e. The van der Waals surface area contributed by atoms with Crippen LogP contribution < -0.4 is 10.6 Å². The fourth-order valence-electron chi connectivity index (χ4n) is 9.84. The number of fused-ring (bicyclic) bond motifs is 4. The largest absolute Gasteiger partial charge is 0.453 e. The number of likely N-dealkylation sites (tertiary alicyclic amines) is 2. The Kier molecular flexibility index (Phi) is 10.9. The van der Waals surface area contributed by atoms with Crippen molar-refractivity contribution in [3.63, 3.8) is 0 Å². The van der Waals surface area contributed by atoms with Crippen molar-refractivity contribution in [1.29, 1.82) is 0 Å².